The summed E-state index contributed by atoms with van der Waals surface area (Å²) in [6.45, 7) is 16.8. The summed E-state index contributed by atoms with van der Waals surface area (Å²) in [6.07, 6.45) is 2.25. The minimum atomic E-state index is -1.34. The van der Waals surface area contributed by atoms with Gasteiger partial charge in [0, 0.05) is 27.9 Å². The highest BCUT2D eigenvalue weighted by molar-refractivity contribution is 6.88. The Morgan fingerprint density at radius 3 is 2.13 bits per heavy atom. The van der Waals surface area contributed by atoms with Crippen LogP contribution in [0.5, 0.6) is 0 Å². The Bertz CT molecular complexity index is 2520. The molecular weight excluding hydrogens is 579 g/mol. The summed E-state index contributed by atoms with van der Waals surface area (Å²) in [5.74, 6) is 0. The summed E-state index contributed by atoms with van der Waals surface area (Å²) >= 11 is 0. The minimum absolute atomic E-state index is 0.580. The quantitative estimate of drug-likeness (QED) is 0.110. The van der Waals surface area contributed by atoms with Crippen molar-refractivity contribution in [3.05, 3.63) is 132 Å². The molecule has 0 spiro atoms. The molecule has 222 valence electrons. The van der Waals surface area contributed by atoms with Gasteiger partial charge in [-0.25, -0.2) is 9.41 Å². The zero-order valence-corrected chi connectivity index (χ0v) is 27.7. The maximum atomic E-state index is 7.47. The molecule has 0 saturated carbocycles. The Hall–Kier alpha value is -5.44. The molecule has 0 radical (unpaired) electrons. The van der Waals surface area contributed by atoms with E-state index < -0.39 is 8.07 Å². The predicted molar refractivity (Wildman–Crippen MR) is 194 cm³/mol. The van der Waals surface area contributed by atoms with Gasteiger partial charge in [0.05, 0.1) is 36.6 Å². The third-order valence-electron chi connectivity index (χ3n) is 9.36. The van der Waals surface area contributed by atoms with Gasteiger partial charge in [0.25, 0.3) is 0 Å². The predicted octanol–water partition coefficient (Wildman–Crippen LogP) is 10.2. The van der Waals surface area contributed by atoms with Crippen LogP contribution in [0.1, 0.15) is 5.56 Å². The summed E-state index contributed by atoms with van der Waals surface area (Å²) in [7, 11) is 0.771. The van der Waals surface area contributed by atoms with E-state index in [1.165, 1.54) is 32.6 Å². The van der Waals surface area contributed by atoms with E-state index >= 15 is 0 Å². The summed E-state index contributed by atoms with van der Waals surface area (Å²) in [6, 6.07) is 39.0. The number of hydrogen-bond donors (Lipinski definition) is 0. The maximum absolute atomic E-state index is 7.47. The van der Waals surface area contributed by atoms with E-state index in [0.717, 1.165) is 50.0 Å². The van der Waals surface area contributed by atoms with E-state index in [9.17, 15) is 0 Å². The van der Waals surface area contributed by atoms with Crippen LogP contribution >= 0.6 is 0 Å². The lowest BCUT2D eigenvalue weighted by molar-refractivity contribution is -0.659. The van der Waals surface area contributed by atoms with Crippen molar-refractivity contribution >= 4 is 62.7 Å². The third-order valence-corrected chi connectivity index (χ3v) is 11.4. The van der Waals surface area contributed by atoms with Crippen LogP contribution in [0.2, 0.25) is 19.6 Å². The monoisotopic (exact) mass is 612 g/mol. The Morgan fingerprint density at radius 2 is 1.41 bits per heavy atom. The fraction of sp³-hybridized carbons (Fsp3) is 0.122. The highest BCUT2D eigenvalue weighted by Crippen LogP contribution is 2.40. The van der Waals surface area contributed by atoms with Gasteiger partial charge in [-0.2, -0.15) is 0 Å². The molecular formula is C41H34N3OSi+. The van der Waals surface area contributed by atoms with E-state index in [1.807, 2.05) is 18.2 Å². The van der Waals surface area contributed by atoms with Gasteiger partial charge < -0.3 is 8.98 Å². The van der Waals surface area contributed by atoms with Crippen molar-refractivity contribution < 1.29 is 8.98 Å². The molecule has 0 aliphatic heterocycles. The molecule has 5 heteroatoms. The number of benzene rings is 5. The number of pyridine rings is 1. The van der Waals surface area contributed by atoms with E-state index in [1.54, 1.807) is 0 Å². The Kier molecular flexibility index (Phi) is 6.28. The largest absolute Gasteiger partial charge is 0.456 e. The first-order chi connectivity index (χ1) is 22.2. The van der Waals surface area contributed by atoms with Gasteiger partial charge in [0.2, 0.25) is 5.69 Å². The van der Waals surface area contributed by atoms with Crippen molar-refractivity contribution in [2.45, 2.75) is 26.6 Å². The standard InChI is InChI=1S/C41H34N3OSi/c1-26-11-21-34-33-22-16-29(42-2)23-39(33)45-41(34)40(26)38-24-37-35(25-43(38)3)32-9-7-8-10-36(32)44(37)30-17-12-27(13-18-30)28-14-19-31(20-15-28)46(4,5)6/h7-25H,1,3-6H3/q+1. The van der Waals surface area contributed by atoms with Crippen LogP contribution in [0.4, 0.5) is 5.69 Å². The van der Waals surface area contributed by atoms with Gasteiger partial charge in [-0.05, 0) is 47.9 Å². The van der Waals surface area contributed by atoms with E-state index in [4.69, 9.17) is 11.0 Å². The summed E-state index contributed by atoms with van der Waals surface area (Å²) in [4.78, 5) is 3.62. The lowest BCUT2D eigenvalue weighted by Crippen LogP contribution is -2.37. The molecule has 8 aromatic rings. The third kappa shape index (κ3) is 4.37. The summed E-state index contributed by atoms with van der Waals surface area (Å²) in [5, 5.41) is 5.97. The van der Waals surface area contributed by atoms with Crippen molar-refractivity contribution in [1.82, 2.24) is 4.57 Å². The second-order valence-electron chi connectivity index (χ2n) is 13.3. The fourth-order valence-corrected chi connectivity index (χ4v) is 8.03. The Labute approximate surface area is 269 Å². The number of aromatic nitrogens is 2. The first-order valence-corrected chi connectivity index (χ1v) is 19.2. The zero-order chi connectivity index (χ0) is 31.7. The molecule has 0 fully saturated rings. The highest BCUT2D eigenvalue weighted by atomic mass is 28.3. The molecule has 5 aromatic carbocycles. The van der Waals surface area contributed by atoms with Gasteiger partial charge in [0.1, 0.15) is 18.2 Å². The van der Waals surface area contributed by atoms with Gasteiger partial charge in [-0.3, -0.25) is 0 Å². The number of para-hydroxylation sites is 1. The number of aryl methyl sites for hydroxylation is 2. The summed E-state index contributed by atoms with van der Waals surface area (Å²) < 4.78 is 11.1. The normalized spacial score (nSPS) is 12.0. The van der Waals surface area contributed by atoms with Gasteiger partial charge in [-0.1, -0.05) is 104 Å². The SMILES string of the molecule is [C-]#[N+]c1ccc2c(c1)oc1c(-c3cc4c(c[n+]3C)c3ccccc3n4-c3ccc(-c4ccc([Si](C)(C)C)cc4)cc3)c(C)ccc12. The molecule has 0 amide bonds. The number of hydrogen-bond acceptors (Lipinski definition) is 1. The number of fused-ring (bicyclic) bond motifs is 6. The van der Waals surface area contributed by atoms with Crippen molar-refractivity contribution in [2.24, 2.45) is 7.05 Å². The number of rotatable bonds is 4. The molecule has 0 aliphatic carbocycles. The van der Waals surface area contributed by atoms with Gasteiger partial charge in [-0.15, -0.1) is 0 Å². The second kappa shape index (κ2) is 10.3. The molecule has 46 heavy (non-hydrogen) atoms. The molecule has 0 atom stereocenters. The van der Waals surface area contributed by atoms with Crippen LogP contribution in [-0.4, -0.2) is 12.6 Å². The molecule has 0 saturated heterocycles. The van der Waals surface area contributed by atoms with Crippen molar-refractivity contribution in [3.8, 4) is 28.1 Å². The molecule has 0 unspecified atom stereocenters. The average Bonchev–Trinajstić information content (AvgIpc) is 3.59. The van der Waals surface area contributed by atoms with Crippen LogP contribution in [0.3, 0.4) is 0 Å². The maximum Gasteiger partial charge on any atom is 0.218 e. The lowest BCUT2D eigenvalue weighted by Gasteiger charge is -2.17. The van der Waals surface area contributed by atoms with Crippen LogP contribution in [-0.2, 0) is 7.05 Å². The van der Waals surface area contributed by atoms with Crippen LogP contribution < -0.4 is 9.75 Å². The number of furan rings is 1. The summed E-state index contributed by atoms with van der Waals surface area (Å²) in [5.41, 5.74) is 11.3. The van der Waals surface area contributed by atoms with Crippen molar-refractivity contribution in [3.63, 3.8) is 0 Å². The van der Waals surface area contributed by atoms with Crippen molar-refractivity contribution in [1.29, 1.82) is 0 Å². The Balaban J connectivity index is 1.32. The fourth-order valence-electron chi connectivity index (χ4n) is 6.86. The van der Waals surface area contributed by atoms with E-state index in [2.05, 4.69) is 145 Å². The highest BCUT2D eigenvalue weighted by Gasteiger charge is 2.24. The Morgan fingerprint density at radius 1 is 0.717 bits per heavy atom. The van der Waals surface area contributed by atoms with Crippen LogP contribution in [0.15, 0.2) is 120 Å². The van der Waals surface area contributed by atoms with Crippen LogP contribution in [0.25, 0.3) is 76.7 Å². The number of nitrogens with zero attached hydrogens (tertiary/aromatic N) is 3. The average molecular weight is 613 g/mol. The first-order valence-electron chi connectivity index (χ1n) is 15.7. The molecule has 3 heterocycles. The van der Waals surface area contributed by atoms with E-state index in [0.29, 0.717) is 5.69 Å². The van der Waals surface area contributed by atoms with Gasteiger partial charge >= 0.3 is 0 Å². The van der Waals surface area contributed by atoms with E-state index in [-0.39, 0.29) is 0 Å². The lowest BCUT2D eigenvalue weighted by atomic mass is 10.00. The molecule has 4 nitrogen and oxygen atoms in total. The van der Waals surface area contributed by atoms with Gasteiger partial charge in [0.15, 0.2) is 11.9 Å². The molecule has 0 aliphatic rings. The van der Waals surface area contributed by atoms with Crippen molar-refractivity contribution in [2.75, 3.05) is 0 Å². The zero-order valence-electron chi connectivity index (χ0n) is 26.7. The smallest absolute Gasteiger partial charge is 0.218 e. The second-order valence-corrected chi connectivity index (χ2v) is 18.4. The molecule has 8 rings (SSSR count). The van der Waals surface area contributed by atoms with Crippen LogP contribution in [0, 0.1) is 13.5 Å². The molecule has 3 aromatic heterocycles. The first kappa shape index (κ1) is 28.1. The molecule has 0 N–H and O–H groups in total. The minimum Gasteiger partial charge on any atom is -0.456 e. The molecule has 0 bridgehead atoms. The topological polar surface area (TPSA) is 26.3 Å².